The highest BCUT2D eigenvalue weighted by molar-refractivity contribution is 5.89. The first-order valence-electron chi connectivity index (χ1n) is 7.20. The molecule has 1 saturated heterocycles. The minimum Gasteiger partial charge on any atom is -0.462 e. The van der Waals surface area contributed by atoms with Crippen LogP contribution < -0.4 is 0 Å². The van der Waals surface area contributed by atoms with Gasteiger partial charge >= 0.3 is 5.97 Å². The van der Waals surface area contributed by atoms with E-state index in [1.807, 2.05) is 0 Å². The third-order valence-electron chi connectivity index (χ3n) is 4.11. The number of carbonyl (C=O) groups is 2. The maximum atomic E-state index is 11.7. The summed E-state index contributed by atoms with van der Waals surface area (Å²) in [5.41, 5.74) is 0. The molecule has 4 heteroatoms. The summed E-state index contributed by atoms with van der Waals surface area (Å²) in [4.78, 5) is 22.9. The summed E-state index contributed by atoms with van der Waals surface area (Å²) in [7, 11) is 0. The van der Waals surface area contributed by atoms with Crippen LogP contribution in [0.5, 0.6) is 0 Å². The zero-order valence-electron chi connectivity index (χ0n) is 11.4. The molecule has 0 spiro atoms. The van der Waals surface area contributed by atoms with Crippen LogP contribution in [-0.4, -0.2) is 29.1 Å². The van der Waals surface area contributed by atoms with Gasteiger partial charge in [0.2, 0.25) is 0 Å². The molecule has 0 bridgehead atoms. The monoisotopic (exact) mass is 266 g/mol. The fourth-order valence-corrected chi connectivity index (χ4v) is 3.04. The SMILES string of the molecule is CCCCCC(=O)C=CC1C(O)CC2OC(=O)CC21. The predicted octanol–water partition coefficient (Wildman–Crippen LogP) is 2.00. The molecule has 19 heavy (non-hydrogen) atoms. The highest BCUT2D eigenvalue weighted by atomic mass is 16.6. The number of rotatable bonds is 6. The lowest BCUT2D eigenvalue weighted by atomic mass is 9.91. The fraction of sp³-hybridized carbons (Fsp3) is 0.733. The summed E-state index contributed by atoms with van der Waals surface area (Å²) < 4.78 is 5.15. The van der Waals surface area contributed by atoms with Crippen molar-refractivity contribution >= 4 is 11.8 Å². The normalized spacial score (nSPS) is 33.7. The Labute approximate surface area is 113 Å². The van der Waals surface area contributed by atoms with E-state index in [1.54, 1.807) is 12.2 Å². The Morgan fingerprint density at radius 1 is 1.47 bits per heavy atom. The zero-order valence-corrected chi connectivity index (χ0v) is 11.4. The highest BCUT2D eigenvalue weighted by Gasteiger charge is 2.48. The van der Waals surface area contributed by atoms with Crippen LogP contribution >= 0.6 is 0 Å². The van der Waals surface area contributed by atoms with E-state index in [0.717, 1.165) is 19.3 Å². The number of ketones is 1. The number of unbranched alkanes of at least 4 members (excludes halogenated alkanes) is 2. The second kappa shape index (κ2) is 6.33. The number of hydrogen-bond acceptors (Lipinski definition) is 4. The molecular formula is C15H22O4. The van der Waals surface area contributed by atoms with E-state index in [1.165, 1.54) is 0 Å². The average molecular weight is 266 g/mol. The van der Waals surface area contributed by atoms with Crippen molar-refractivity contribution in [2.45, 2.75) is 57.7 Å². The molecule has 1 heterocycles. The van der Waals surface area contributed by atoms with E-state index >= 15 is 0 Å². The molecule has 1 N–H and O–H groups in total. The summed E-state index contributed by atoms with van der Waals surface area (Å²) in [6.07, 6.45) is 7.21. The van der Waals surface area contributed by atoms with Crippen LogP contribution in [-0.2, 0) is 14.3 Å². The van der Waals surface area contributed by atoms with Crippen molar-refractivity contribution in [2.75, 3.05) is 0 Å². The summed E-state index contributed by atoms with van der Waals surface area (Å²) in [5.74, 6) is -0.155. The summed E-state index contributed by atoms with van der Waals surface area (Å²) in [6.45, 7) is 2.10. The van der Waals surface area contributed by atoms with Crippen molar-refractivity contribution in [1.82, 2.24) is 0 Å². The standard InChI is InChI=1S/C15H22O4/c1-2-3-4-5-10(16)6-7-11-12-8-15(18)19-14(12)9-13(11)17/h6-7,11-14,17H,2-5,8-9H2,1H3. The van der Waals surface area contributed by atoms with Gasteiger partial charge in [-0.2, -0.15) is 0 Å². The Morgan fingerprint density at radius 2 is 2.26 bits per heavy atom. The van der Waals surface area contributed by atoms with E-state index in [0.29, 0.717) is 19.3 Å². The number of esters is 1. The molecule has 1 saturated carbocycles. The number of aliphatic hydroxyl groups is 1. The quantitative estimate of drug-likeness (QED) is 0.454. The molecule has 4 atom stereocenters. The minimum atomic E-state index is -0.497. The second-order valence-corrected chi connectivity index (χ2v) is 5.56. The molecule has 4 unspecified atom stereocenters. The van der Waals surface area contributed by atoms with Crippen LogP contribution in [0.2, 0.25) is 0 Å². The van der Waals surface area contributed by atoms with Gasteiger partial charge in [0.15, 0.2) is 5.78 Å². The number of aliphatic hydroxyl groups excluding tert-OH is 1. The minimum absolute atomic E-state index is 0.0437. The topological polar surface area (TPSA) is 63.6 Å². The molecule has 2 aliphatic rings. The molecular weight excluding hydrogens is 244 g/mol. The van der Waals surface area contributed by atoms with Gasteiger partial charge in [-0.15, -0.1) is 0 Å². The van der Waals surface area contributed by atoms with E-state index in [9.17, 15) is 14.7 Å². The Morgan fingerprint density at radius 3 is 3.00 bits per heavy atom. The first-order chi connectivity index (χ1) is 9.11. The predicted molar refractivity (Wildman–Crippen MR) is 70.4 cm³/mol. The average Bonchev–Trinajstić information content (AvgIpc) is 2.82. The smallest absolute Gasteiger partial charge is 0.306 e. The van der Waals surface area contributed by atoms with Gasteiger partial charge in [-0.05, 0) is 12.5 Å². The molecule has 0 aromatic carbocycles. The van der Waals surface area contributed by atoms with Gasteiger partial charge in [0.05, 0.1) is 12.5 Å². The van der Waals surface area contributed by atoms with Crippen molar-refractivity contribution < 1.29 is 19.4 Å². The number of ether oxygens (including phenoxy) is 1. The number of hydrogen-bond donors (Lipinski definition) is 1. The van der Waals surface area contributed by atoms with E-state index in [4.69, 9.17) is 4.74 Å². The number of carbonyl (C=O) groups excluding carboxylic acids is 2. The summed E-state index contributed by atoms with van der Waals surface area (Å²) >= 11 is 0. The molecule has 0 amide bonds. The van der Waals surface area contributed by atoms with Crippen molar-refractivity contribution in [3.05, 3.63) is 12.2 Å². The van der Waals surface area contributed by atoms with Gasteiger partial charge in [0, 0.05) is 24.7 Å². The molecule has 2 fully saturated rings. The molecule has 106 valence electrons. The first kappa shape index (κ1) is 14.3. The summed E-state index contributed by atoms with van der Waals surface area (Å²) in [6, 6.07) is 0. The van der Waals surface area contributed by atoms with Crippen LogP contribution in [0.25, 0.3) is 0 Å². The van der Waals surface area contributed by atoms with Gasteiger partial charge in [-0.1, -0.05) is 25.8 Å². The molecule has 1 aliphatic heterocycles. The fourth-order valence-electron chi connectivity index (χ4n) is 3.04. The van der Waals surface area contributed by atoms with Crippen LogP contribution in [0.4, 0.5) is 0 Å². The van der Waals surface area contributed by atoms with Gasteiger partial charge in [0.1, 0.15) is 6.10 Å². The molecule has 1 aliphatic carbocycles. The van der Waals surface area contributed by atoms with Gasteiger partial charge in [-0.25, -0.2) is 0 Å². The Bertz CT molecular complexity index is 374. The molecule has 0 aromatic heterocycles. The van der Waals surface area contributed by atoms with Gasteiger partial charge < -0.3 is 9.84 Å². The Hall–Kier alpha value is -1.16. The number of allylic oxidation sites excluding steroid dienone is 1. The largest absolute Gasteiger partial charge is 0.462 e. The lowest BCUT2D eigenvalue weighted by molar-refractivity contribution is -0.141. The summed E-state index contributed by atoms with van der Waals surface area (Å²) in [5, 5.41) is 9.95. The molecule has 0 aromatic rings. The zero-order chi connectivity index (χ0) is 13.8. The van der Waals surface area contributed by atoms with Crippen molar-refractivity contribution in [3.8, 4) is 0 Å². The molecule has 0 radical (unpaired) electrons. The lowest BCUT2D eigenvalue weighted by Gasteiger charge is -2.14. The second-order valence-electron chi connectivity index (χ2n) is 5.56. The highest BCUT2D eigenvalue weighted by Crippen LogP contribution is 2.41. The number of fused-ring (bicyclic) bond motifs is 1. The van der Waals surface area contributed by atoms with Gasteiger partial charge in [0.25, 0.3) is 0 Å². The van der Waals surface area contributed by atoms with Crippen molar-refractivity contribution in [1.29, 1.82) is 0 Å². The Balaban J connectivity index is 1.87. The van der Waals surface area contributed by atoms with Crippen molar-refractivity contribution in [3.63, 3.8) is 0 Å². The van der Waals surface area contributed by atoms with Crippen LogP contribution in [0.1, 0.15) is 45.4 Å². The van der Waals surface area contributed by atoms with Crippen LogP contribution in [0, 0.1) is 11.8 Å². The van der Waals surface area contributed by atoms with Crippen LogP contribution in [0.3, 0.4) is 0 Å². The van der Waals surface area contributed by atoms with Crippen LogP contribution in [0.15, 0.2) is 12.2 Å². The molecule has 4 nitrogen and oxygen atoms in total. The van der Waals surface area contributed by atoms with E-state index in [2.05, 4.69) is 6.92 Å². The third kappa shape index (κ3) is 3.44. The van der Waals surface area contributed by atoms with E-state index < -0.39 is 6.10 Å². The maximum Gasteiger partial charge on any atom is 0.306 e. The lowest BCUT2D eigenvalue weighted by Crippen LogP contribution is -2.18. The maximum absolute atomic E-state index is 11.7. The Kier molecular flexibility index (Phi) is 4.75. The van der Waals surface area contributed by atoms with Gasteiger partial charge in [-0.3, -0.25) is 9.59 Å². The molecule has 2 rings (SSSR count). The third-order valence-corrected chi connectivity index (χ3v) is 4.11. The first-order valence-corrected chi connectivity index (χ1v) is 7.20. The van der Waals surface area contributed by atoms with Crippen molar-refractivity contribution in [2.24, 2.45) is 11.8 Å². The van der Waals surface area contributed by atoms with E-state index in [-0.39, 0.29) is 29.7 Å².